The molecule has 1 aromatic rings. The van der Waals surface area contributed by atoms with E-state index < -0.39 is 5.97 Å². The first-order chi connectivity index (χ1) is 8.08. The van der Waals surface area contributed by atoms with Crippen LogP contribution in [-0.2, 0) is 4.79 Å². The number of hydrogen-bond acceptors (Lipinski definition) is 4. The first-order valence-corrected chi connectivity index (χ1v) is 5.02. The number of carboxylic acids is 1. The minimum absolute atomic E-state index is 0.0690. The summed E-state index contributed by atoms with van der Waals surface area (Å²) < 4.78 is 5.00. The number of ether oxygens (including phenoxy) is 1. The molecule has 17 heavy (non-hydrogen) atoms. The first kappa shape index (κ1) is 12.9. The molecule has 90 valence electrons. The van der Waals surface area contributed by atoms with Crippen LogP contribution in [-0.4, -0.2) is 29.0 Å². The van der Waals surface area contributed by atoms with Crippen LogP contribution in [0.2, 0.25) is 0 Å². The molecule has 6 nitrogen and oxygen atoms in total. The van der Waals surface area contributed by atoms with Gasteiger partial charge in [0.05, 0.1) is 6.21 Å². The van der Waals surface area contributed by atoms with E-state index in [1.807, 2.05) is 0 Å². The second kappa shape index (κ2) is 6.44. The van der Waals surface area contributed by atoms with E-state index in [1.54, 1.807) is 24.3 Å². The van der Waals surface area contributed by atoms with Crippen molar-refractivity contribution in [1.82, 2.24) is 5.43 Å². The van der Waals surface area contributed by atoms with E-state index in [4.69, 9.17) is 15.6 Å². The van der Waals surface area contributed by atoms with Crippen LogP contribution in [0.3, 0.4) is 0 Å². The second-order valence-corrected chi connectivity index (χ2v) is 3.43. The number of carboxylic acid groups (broad SMARTS) is 1. The standard InChI is InChI=1S/C10H11N3O3S/c11-10(17)13-12-5-7-2-1-3-8(4-7)16-6-9(14)15/h1-5H,6H2,(H,14,15)(H3,11,13,17)/b12-5-. The average Bonchev–Trinajstić information content (AvgIpc) is 2.26. The fourth-order valence-corrected chi connectivity index (χ4v) is 1.05. The summed E-state index contributed by atoms with van der Waals surface area (Å²) in [5.74, 6) is -0.578. The molecular weight excluding hydrogens is 242 g/mol. The number of thiocarbonyl (C=S) groups is 1. The van der Waals surface area contributed by atoms with Gasteiger partial charge in [-0.1, -0.05) is 12.1 Å². The van der Waals surface area contributed by atoms with E-state index in [0.717, 1.165) is 5.56 Å². The molecule has 0 amide bonds. The summed E-state index contributed by atoms with van der Waals surface area (Å²) in [6.45, 7) is -0.383. The molecular formula is C10H11N3O3S. The number of aliphatic carboxylic acids is 1. The SMILES string of the molecule is NC(=S)N/N=C\c1cccc(OCC(=O)O)c1. The molecule has 0 aromatic heterocycles. The smallest absolute Gasteiger partial charge is 0.341 e. The van der Waals surface area contributed by atoms with Crippen molar-refractivity contribution < 1.29 is 14.6 Å². The molecule has 1 aromatic carbocycles. The Bertz CT molecular complexity index is 448. The summed E-state index contributed by atoms with van der Waals surface area (Å²) in [5, 5.41) is 12.3. The number of carbonyl (C=O) groups is 1. The van der Waals surface area contributed by atoms with Crippen LogP contribution >= 0.6 is 12.2 Å². The molecule has 4 N–H and O–H groups in total. The molecule has 0 spiro atoms. The maximum atomic E-state index is 10.3. The third kappa shape index (κ3) is 5.47. The molecule has 0 radical (unpaired) electrons. The van der Waals surface area contributed by atoms with Gasteiger partial charge in [0.15, 0.2) is 11.7 Å². The average molecular weight is 253 g/mol. The van der Waals surface area contributed by atoms with Crippen molar-refractivity contribution in [1.29, 1.82) is 0 Å². The highest BCUT2D eigenvalue weighted by Gasteiger charge is 1.99. The number of benzene rings is 1. The van der Waals surface area contributed by atoms with Crippen molar-refractivity contribution in [2.24, 2.45) is 10.8 Å². The Balaban J connectivity index is 2.62. The van der Waals surface area contributed by atoms with Gasteiger partial charge in [-0.25, -0.2) is 4.79 Å². The Morgan fingerprint density at radius 3 is 3.06 bits per heavy atom. The molecule has 0 saturated carbocycles. The van der Waals surface area contributed by atoms with Crippen LogP contribution in [0, 0.1) is 0 Å². The Kier molecular flexibility index (Phi) is 4.89. The monoisotopic (exact) mass is 253 g/mol. The van der Waals surface area contributed by atoms with Gasteiger partial charge < -0.3 is 15.6 Å². The lowest BCUT2D eigenvalue weighted by Gasteiger charge is -2.03. The first-order valence-electron chi connectivity index (χ1n) is 4.61. The minimum Gasteiger partial charge on any atom is -0.482 e. The van der Waals surface area contributed by atoms with E-state index in [2.05, 4.69) is 22.7 Å². The van der Waals surface area contributed by atoms with Crippen molar-refractivity contribution in [3.8, 4) is 5.75 Å². The van der Waals surface area contributed by atoms with Crippen LogP contribution in [0.5, 0.6) is 5.75 Å². The van der Waals surface area contributed by atoms with Gasteiger partial charge in [-0.05, 0) is 29.9 Å². The molecule has 1 rings (SSSR count). The second-order valence-electron chi connectivity index (χ2n) is 2.99. The van der Waals surface area contributed by atoms with Crippen LogP contribution in [0.15, 0.2) is 29.4 Å². The van der Waals surface area contributed by atoms with E-state index in [0.29, 0.717) is 5.75 Å². The van der Waals surface area contributed by atoms with Crippen molar-refractivity contribution >= 4 is 29.5 Å². The summed E-state index contributed by atoms with van der Waals surface area (Å²) in [5.41, 5.74) is 8.32. The fraction of sp³-hybridized carbons (Fsp3) is 0.100. The predicted molar refractivity (Wildman–Crippen MR) is 67.1 cm³/mol. The van der Waals surface area contributed by atoms with Gasteiger partial charge in [-0.2, -0.15) is 5.10 Å². The van der Waals surface area contributed by atoms with Crippen molar-refractivity contribution in [3.05, 3.63) is 29.8 Å². The topological polar surface area (TPSA) is 96.9 Å². The lowest BCUT2D eigenvalue weighted by Crippen LogP contribution is -2.23. The zero-order valence-corrected chi connectivity index (χ0v) is 9.61. The lowest BCUT2D eigenvalue weighted by molar-refractivity contribution is -0.139. The van der Waals surface area contributed by atoms with Crippen LogP contribution in [0.4, 0.5) is 0 Å². The summed E-state index contributed by atoms with van der Waals surface area (Å²) in [4.78, 5) is 10.3. The van der Waals surface area contributed by atoms with Crippen molar-refractivity contribution in [3.63, 3.8) is 0 Å². The quantitative estimate of drug-likeness (QED) is 0.397. The van der Waals surface area contributed by atoms with Crippen LogP contribution in [0.1, 0.15) is 5.56 Å². The normalized spacial score (nSPS) is 10.1. The van der Waals surface area contributed by atoms with Gasteiger partial charge in [0, 0.05) is 0 Å². The summed E-state index contributed by atoms with van der Waals surface area (Å²) in [7, 11) is 0. The van der Waals surface area contributed by atoms with Gasteiger partial charge in [-0.15, -0.1) is 0 Å². The summed E-state index contributed by atoms with van der Waals surface area (Å²) >= 11 is 4.57. The van der Waals surface area contributed by atoms with Crippen LogP contribution < -0.4 is 15.9 Å². The Labute approximate surface area is 103 Å². The lowest BCUT2D eigenvalue weighted by atomic mass is 10.2. The van der Waals surface area contributed by atoms with Gasteiger partial charge >= 0.3 is 5.97 Å². The molecule has 0 heterocycles. The number of hydrazone groups is 1. The third-order valence-electron chi connectivity index (χ3n) is 1.61. The fourth-order valence-electron chi connectivity index (χ4n) is 1.00. The largest absolute Gasteiger partial charge is 0.482 e. The maximum Gasteiger partial charge on any atom is 0.341 e. The molecule has 7 heteroatoms. The highest BCUT2D eigenvalue weighted by atomic mass is 32.1. The van der Waals surface area contributed by atoms with Crippen LogP contribution in [0.25, 0.3) is 0 Å². The molecule has 0 unspecified atom stereocenters. The number of nitrogens with zero attached hydrogens (tertiary/aromatic N) is 1. The summed E-state index contributed by atoms with van der Waals surface area (Å²) in [6, 6.07) is 6.80. The maximum absolute atomic E-state index is 10.3. The van der Waals surface area contributed by atoms with E-state index in [9.17, 15) is 4.79 Å². The molecule has 0 saturated heterocycles. The molecule has 0 aliphatic carbocycles. The van der Waals surface area contributed by atoms with E-state index in [-0.39, 0.29) is 11.7 Å². The molecule has 0 fully saturated rings. The zero-order valence-electron chi connectivity index (χ0n) is 8.79. The molecule has 0 aliphatic rings. The van der Waals surface area contributed by atoms with Gasteiger partial charge in [-0.3, -0.25) is 5.43 Å². The van der Waals surface area contributed by atoms with Crippen molar-refractivity contribution in [2.45, 2.75) is 0 Å². The Morgan fingerprint density at radius 1 is 1.65 bits per heavy atom. The minimum atomic E-state index is -1.03. The number of rotatable bonds is 5. The highest BCUT2D eigenvalue weighted by molar-refractivity contribution is 7.80. The molecule has 0 aliphatic heterocycles. The van der Waals surface area contributed by atoms with Gasteiger partial charge in [0.1, 0.15) is 5.75 Å². The molecule has 0 bridgehead atoms. The third-order valence-corrected chi connectivity index (χ3v) is 1.70. The van der Waals surface area contributed by atoms with E-state index in [1.165, 1.54) is 6.21 Å². The summed E-state index contributed by atoms with van der Waals surface area (Å²) in [6.07, 6.45) is 1.49. The zero-order chi connectivity index (χ0) is 12.7. The highest BCUT2D eigenvalue weighted by Crippen LogP contribution is 2.11. The van der Waals surface area contributed by atoms with Crippen molar-refractivity contribution in [2.75, 3.05) is 6.61 Å². The molecule has 0 atom stereocenters. The number of nitrogens with one attached hydrogen (secondary N) is 1. The Morgan fingerprint density at radius 2 is 2.41 bits per heavy atom. The predicted octanol–water partition coefficient (Wildman–Crippen LogP) is 0.317. The van der Waals surface area contributed by atoms with Gasteiger partial charge in [0.2, 0.25) is 0 Å². The number of nitrogens with two attached hydrogens (primary N) is 1. The van der Waals surface area contributed by atoms with Gasteiger partial charge in [0.25, 0.3) is 0 Å². The van der Waals surface area contributed by atoms with E-state index >= 15 is 0 Å². The Hall–Kier alpha value is -2.15. The number of hydrogen-bond donors (Lipinski definition) is 3.